The van der Waals surface area contributed by atoms with Crippen molar-refractivity contribution in [2.45, 2.75) is 26.7 Å². The molecule has 0 fully saturated rings. The number of ether oxygens (including phenoxy) is 2. The first-order chi connectivity index (χ1) is 20.1. The zero-order chi connectivity index (χ0) is 31.9. The Labute approximate surface area is 264 Å². The van der Waals surface area contributed by atoms with Crippen molar-refractivity contribution in [3.05, 3.63) is 68.3 Å². The van der Waals surface area contributed by atoms with Crippen molar-refractivity contribution in [3.63, 3.8) is 0 Å². The lowest BCUT2D eigenvalue weighted by molar-refractivity contribution is -0.647. The molecule has 0 amide bonds. The minimum absolute atomic E-state index is 0.604. The maximum atomic E-state index is 9.08. The van der Waals surface area contributed by atoms with Gasteiger partial charge in [0.2, 0.25) is 21.0 Å². The number of rotatable bonds is 8. The predicted molar refractivity (Wildman–Crippen MR) is 170 cm³/mol. The van der Waals surface area contributed by atoms with Gasteiger partial charge in [0.05, 0.1) is 46.3 Å². The van der Waals surface area contributed by atoms with E-state index in [9.17, 15) is 0 Å². The molecule has 0 atom stereocenters. The van der Waals surface area contributed by atoms with Gasteiger partial charge in [0.1, 0.15) is 35.0 Å². The van der Waals surface area contributed by atoms with E-state index in [1.165, 1.54) is 40.2 Å². The number of thiazole rings is 2. The van der Waals surface area contributed by atoms with Crippen molar-refractivity contribution in [2.24, 2.45) is 14.1 Å². The summed E-state index contributed by atoms with van der Waals surface area (Å²) in [7, 11) is -3.51. The Morgan fingerprint density at radius 2 is 1.00 bits per heavy atom. The van der Waals surface area contributed by atoms with Gasteiger partial charge < -0.3 is 18.6 Å². The van der Waals surface area contributed by atoms with Crippen molar-refractivity contribution in [3.8, 4) is 11.5 Å². The average Bonchev–Trinajstić information content (AvgIpc) is 3.54. The van der Waals surface area contributed by atoms with Crippen molar-refractivity contribution < 1.29 is 44.5 Å². The van der Waals surface area contributed by atoms with E-state index in [2.05, 4.69) is 71.8 Å². The molecule has 5 rings (SSSR count). The molecule has 15 heteroatoms. The first-order valence-corrected chi connectivity index (χ1v) is 19.1. The number of aryl methyl sites for hydroxylation is 2. The van der Waals surface area contributed by atoms with Crippen LogP contribution in [-0.4, -0.2) is 51.7 Å². The lowest BCUT2D eigenvalue weighted by Gasteiger charge is -2.00. The highest BCUT2D eigenvalue weighted by Crippen LogP contribution is 2.30. The Balaban J connectivity index is 0.000000440. The van der Waals surface area contributed by atoms with Gasteiger partial charge in [0, 0.05) is 46.5 Å². The van der Waals surface area contributed by atoms with Crippen LogP contribution in [-0.2, 0) is 47.2 Å². The minimum Gasteiger partial charge on any atom is -0.748 e. The summed E-state index contributed by atoms with van der Waals surface area (Å²) in [5.41, 5.74) is 2.53. The van der Waals surface area contributed by atoms with Crippen LogP contribution in [0.4, 0.5) is 0 Å². The average molecular weight is 687 g/mol. The summed E-state index contributed by atoms with van der Waals surface area (Å²) in [4.78, 5) is 2.80. The Kier molecular flexibility index (Phi) is 12.1. The Bertz CT molecular complexity index is 1760. The fraction of sp³-hybridized carbons (Fsp3) is 0.357. The van der Waals surface area contributed by atoms with E-state index in [4.69, 9.17) is 35.4 Å². The highest BCUT2D eigenvalue weighted by Gasteiger charge is 2.21. The molecule has 10 nitrogen and oxygen atoms in total. The number of fused-ring (bicyclic) bond motifs is 2. The Hall–Kier alpha value is -2.66. The van der Waals surface area contributed by atoms with Gasteiger partial charge in [0.25, 0.3) is 0 Å². The third-order valence-corrected chi connectivity index (χ3v) is 9.27. The van der Waals surface area contributed by atoms with E-state index in [1.54, 1.807) is 0 Å². The van der Waals surface area contributed by atoms with Crippen molar-refractivity contribution in [1.82, 2.24) is 0 Å². The summed E-state index contributed by atoms with van der Waals surface area (Å²) >= 11 is 5.64. The Morgan fingerprint density at radius 1 is 0.651 bits per heavy atom. The van der Waals surface area contributed by atoms with Crippen LogP contribution in [0.25, 0.3) is 20.4 Å². The minimum atomic E-state index is -3.92. The zero-order valence-corrected chi connectivity index (χ0v) is 28.7. The number of aromatic nitrogens is 2. The molecular weight excluding hydrogens is 653 g/mol. The van der Waals surface area contributed by atoms with E-state index < -0.39 is 20.2 Å². The van der Waals surface area contributed by atoms with Crippen LogP contribution in [0.5, 0.6) is 11.5 Å². The molecular formula is C28H34N2O8S5. The molecule has 0 aliphatic rings. The third kappa shape index (κ3) is 11.1. The van der Waals surface area contributed by atoms with Gasteiger partial charge in [-0.3, -0.25) is 0 Å². The lowest BCUT2D eigenvalue weighted by atomic mass is 10.3. The van der Waals surface area contributed by atoms with Crippen LogP contribution in [0.1, 0.15) is 33.6 Å². The molecule has 0 spiro atoms. The van der Waals surface area contributed by atoms with Gasteiger partial charge in [-0.05, 0) is 38.1 Å². The molecule has 0 N–H and O–H groups in total. The van der Waals surface area contributed by atoms with Gasteiger partial charge in [-0.15, -0.1) is 11.3 Å². The lowest BCUT2D eigenvalue weighted by Crippen LogP contribution is -2.30. The molecule has 0 aliphatic carbocycles. The third-order valence-electron chi connectivity index (χ3n) is 5.78. The highest BCUT2D eigenvalue weighted by molar-refractivity contribution is 7.85. The molecule has 2 aromatic carbocycles. The number of hydrogen-bond donors (Lipinski definition) is 0. The van der Waals surface area contributed by atoms with E-state index in [-0.39, 0.29) is 0 Å². The normalized spacial score (nSPS) is 11.5. The van der Waals surface area contributed by atoms with Gasteiger partial charge in [0.15, 0.2) is 0 Å². The summed E-state index contributed by atoms with van der Waals surface area (Å²) in [6.45, 7) is 5.43. The Morgan fingerprint density at radius 3 is 1.33 bits per heavy atom. The SMILES string of the molecule is CCOc1ccc2c(c1)sc(Cc1ccc(Cc3sc4cc(OCC)ccc4[n+]3C)s1)[n+]2C.CS(=O)(=O)[O-].CS(=O)(=O)[O-]. The number of nitrogens with zero attached hydrogens (tertiary/aromatic N) is 2. The molecule has 0 radical (unpaired) electrons. The molecule has 0 saturated heterocycles. The molecule has 0 aliphatic heterocycles. The van der Waals surface area contributed by atoms with Gasteiger partial charge in [-0.2, -0.15) is 9.13 Å². The van der Waals surface area contributed by atoms with E-state index in [0.29, 0.717) is 25.7 Å². The number of benzene rings is 2. The first-order valence-electron chi connectivity index (χ1n) is 13.0. The van der Waals surface area contributed by atoms with Crippen LogP contribution in [0.3, 0.4) is 0 Å². The second-order valence-corrected chi connectivity index (χ2v) is 15.7. The second-order valence-electron chi connectivity index (χ2n) is 9.36. The van der Waals surface area contributed by atoms with Gasteiger partial charge >= 0.3 is 0 Å². The number of hydrogen-bond acceptors (Lipinski definition) is 11. The van der Waals surface area contributed by atoms with Gasteiger partial charge in [-0.25, -0.2) is 16.8 Å². The molecule has 3 aromatic heterocycles. The van der Waals surface area contributed by atoms with Crippen LogP contribution >= 0.6 is 34.0 Å². The standard InChI is InChI=1S/C26H28N2O2S3.2CH4O3S/c1-5-29-17-7-11-21-23(13-17)32-25(27(21)3)15-19-9-10-20(31-19)16-26-28(4)22-12-8-18(30-6-2)14-24(22)33-26;2*1-5(2,3)4/h7-14H,5-6,15-16H2,1-4H3;2*1H3,(H,2,3,4)/q+2;;/p-2. The summed E-state index contributed by atoms with van der Waals surface area (Å²) in [5.74, 6) is 1.89. The summed E-state index contributed by atoms with van der Waals surface area (Å²) in [5, 5.41) is 2.73. The van der Waals surface area contributed by atoms with Crippen molar-refractivity contribution in [1.29, 1.82) is 0 Å². The number of thiophene rings is 1. The molecule has 5 aromatic rings. The molecule has 43 heavy (non-hydrogen) atoms. The van der Waals surface area contributed by atoms with E-state index in [1.807, 2.05) is 47.9 Å². The van der Waals surface area contributed by atoms with Crippen LogP contribution in [0, 0.1) is 0 Å². The maximum Gasteiger partial charge on any atom is 0.243 e. The van der Waals surface area contributed by atoms with E-state index >= 15 is 0 Å². The van der Waals surface area contributed by atoms with Crippen LogP contribution in [0.2, 0.25) is 0 Å². The maximum absolute atomic E-state index is 9.08. The largest absolute Gasteiger partial charge is 0.748 e. The van der Waals surface area contributed by atoms with Crippen molar-refractivity contribution >= 4 is 74.7 Å². The van der Waals surface area contributed by atoms with Crippen molar-refractivity contribution in [2.75, 3.05) is 25.7 Å². The molecule has 3 heterocycles. The summed E-state index contributed by atoms with van der Waals surface area (Å²) < 4.78 is 73.0. The predicted octanol–water partition coefficient (Wildman–Crippen LogP) is 4.13. The zero-order valence-electron chi connectivity index (χ0n) is 24.6. The van der Waals surface area contributed by atoms with Crippen LogP contribution in [0.15, 0.2) is 48.5 Å². The molecule has 0 bridgehead atoms. The summed E-state index contributed by atoms with van der Waals surface area (Å²) in [6, 6.07) is 17.3. The van der Waals surface area contributed by atoms with E-state index in [0.717, 1.165) is 24.3 Å². The molecule has 234 valence electrons. The quantitative estimate of drug-likeness (QED) is 0.175. The van der Waals surface area contributed by atoms with Gasteiger partial charge in [-0.1, -0.05) is 22.7 Å². The van der Waals surface area contributed by atoms with Crippen LogP contribution < -0.4 is 18.6 Å². The first kappa shape index (κ1) is 34.8. The smallest absolute Gasteiger partial charge is 0.243 e. The second kappa shape index (κ2) is 14.9. The molecule has 0 unspecified atom stereocenters. The fourth-order valence-corrected chi connectivity index (χ4v) is 7.71. The summed E-state index contributed by atoms with van der Waals surface area (Å²) in [6.07, 6.45) is 3.13. The highest BCUT2D eigenvalue weighted by atomic mass is 32.2. The molecule has 0 saturated carbocycles. The topological polar surface area (TPSA) is 141 Å². The monoisotopic (exact) mass is 686 g/mol. The fourth-order valence-electron chi connectivity index (χ4n) is 4.10.